The second-order valence-electron chi connectivity index (χ2n) is 6.70. The number of ether oxygens (including phenoxy) is 3. The van der Waals surface area contributed by atoms with Crippen molar-refractivity contribution in [3.63, 3.8) is 0 Å². The molecule has 0 aromatic heterocycles. The van der Waals surface area contributed by atoms with Crippen molar-refractivity contribution in [3.05, 3.63) is 78.1 Å². The Morgan fingerprint density at radius 1 is 1.10 bits per heavy atom. The molecular weight excluding hydrogens is 378 g/mol. The molecule has 0 aliphatic carbocycles. The molecule has 0 fully saturated rings. The van der Waals surface area contributed by atoms with Gasteiger partial charge in [-0.25, -0.2) is 8.78 Å². The summed E-state index contributed by atoms with van der Waals surface area (Å²) in [5.74, 6) is -0.583. The van der Waals surface area contributed by atoms with E-state index in [1.165, 1.54) is 18.2 Å². The number of carbonyl (C=O) groups excluding carboxylic acids is 1. The first kappa shape index (κ1) is 22.3. The molecule has 2 aromatic carbocycles. The number of halogens is 2. The first-order valence-corrected chi connectivity index (χ1v) is 9.00. The molecule has 0 amide bonds. The molecule has 0 bridgehead atoms. The van der Waals surface area contributed by atoms with Gasteiger partial charge in [-0.1, -0.05) is 25.3 Å². The van der Waals surface area contributed by atoms with Crippen molar-refractivity contribution in [2.75, 3.05) is 20.3 Å². The van der Waals surface area contributed by atoms with Crippen molar-refractivity contribution in [1.82, 2.24) is 0 Å². The summed E-state index contributed by atoms with van der Waals surface area (Å²) in [5.41, 5.74) is 1.80. The normalized spacial score (nSPS) is 11.6. The molecule has 154 valence electrons. The van der Waals surface area contributed by atoms with Crippen LogP contribution in [-0.2, 0) is 20.7 Å². The lowest BCUT2D eigenvalue weighted by molar-refractivity contribution is -0.120. The summed E-state index contributed by atoms with van der Waals surface area (Å²) in [7, 11) is 1.57. The fraction of sp³-hybridized carbons (Fsp3) is 0.261. The molecule has 0 aliphatic rings. The van der Waals surface area contributed by atoms with Crippen LogP contribution < -0.4 is 4.74 Å². The van der Waals surface area contributed by atoms with Crippen LogP contribution in [0.2, 0.25) is 0 Å². The molecule has 0 saturated heterocycles. The van der Waals surface area contributed by atoms with Gasteiger partial charge in [-0.15, -0.1) is 0 Å². The smallest absolute Gasteiger partial charge is 0.298 e. The van der Waals surface area contributed by atoms with E-state index >= 15 is 0 Å². The number of hydrogen-bond acceptors (Lipinski definition) is 4. The van der Waals surface area contributed by atoms with Crippen LogP contribution in [0.3, 0.4) is 0 Å². The average molecular weight is 402 g/mol. The van der Waals surface area contributed by atoms with Gasteiger partial charge in [-0.2, -0.15) is 0 Å². The Bertz CT molecular complexity index is 892. The number of hydrogen-bond donors (Lipinski definition) is 0. The summed E-state index contributed by atoms with van der Waals surface area (Å²) in [6.45, 7) is 10.3. The lowest BCUT2D eigenvalue weighted by Gasteiger charge is -2.19. The van der Waals surface area contributed by atoms with Crippen LogP contribution in [-0.4, -0.2) is 26.8 Å². The van der Waals surface area contributed by atoms with Crippen LogP contribution in [0.15, 0.2) is 60.9 Å². The second kappa shape index (κ2) is 10.5. The van der Waals surface area contributed by atoms with Crippen molar-refractivity contribution < 1.29 is 27.8 Å². The highest BCUT2D eigenvalue weighted by molar-refractivity contribution is 5.66. The van der Waals surface area contributed by atoms with Gasteiger partial charge in [0.25, 0.3) is 6.47 Å². The molecule has 1 atom stereocenters. The standard InChI is InChI=1S/C23H24F2O4/c1-15(2)16(3)28-13-17(12-27-4)9-19-6-5-18(10-22(19)24)21-8-7-20(29-14-26)11-23(21)25/h5-8,10-11,14,17H,1,3,9,12-13H2,2,4H3. The summed E-state index contributed by atoms with van der Waals surface area (Å²) in [6, 6.07) is 8.51. The predicted octanol–water partition coefficient (Wildman–Crippen LogP) is 5.08. The van der Waals surface area contributed by atoms with Crippen LogP contribution in [0.25, 0.3) is 11.1 Å². The van der Waals surface area contributed by atoms with E-state index in [-0.39, 0.29) is 23.7 Å². The zero-order valence-corrected chi connectivity index (χ0v) is 16.5. The maximum atomic E-state index is 14.7. The first-order chi connectivity index (χ1) is 13.8. The van der Waals surface area contributed by atoms with E-state index in [1.54, 1.807) is 26.2 Å². The fourth-order valence-corrected chi connectivity index (χ4v) is 2.79. The Morgan fingerprint density at radius 3 is 2.45 bits per heavy atom. The SMILES string of the molecule is C=C(C)C(=C)OCC(COC)Cc1ccc(-c2ccc(OC=O)cc2F)cc1F. The van der Waals surface area contributed by atoms with Crippen molar-refractivity contribution in [3.8, 4) is 16.9 Å². The minimum atomic E-state index is -0.611. The van der Waals surface area contributed by atoms with Gasteiger partial charge in [-0.05, 0) is 48.2 Å². The van der Waals surface area contributed by atoms with E-state index in [2.05, 4.69) is 17.9 Å². The van der Waals surface area contributed by atoms with Crippen molar-refractivity contribution in [2.24, 2.45) is 5.92 Å². The van der Waals surface area contributed by atoms with E-state index in [0.29, 0.717) is 36.5 Å². The van der Waals surface area contributed by atoms with Gasteiger partial charge in [0.2, 0.25) is 0 Å². The van der Waals surface area contributed by atoms with Crippen molar-refractivity contribution in [2.45, 2.75) is 13.3 Å². The highest BCUT2D eigenvalue weighted by atomic mass is 19.1. The molecule has 0 spiro atoms. The summed E-state index contributed by atoms with van der Waals surface area (Å²) in [6.07, 6.45) is 0.387. The monoisotopic (exact) mass is 402 g/mol. The molecule has 29 heavy (non-hydrogen) atoms. The molecule has 2 aromatic rings. The molecule has 1 unspecified atom stereocenters. The van der Waals surface area contributed by atoms with Crippen molar-refractivity contribution in [1.29, 1.82) is 0 Å². The maximum absolute atomic E-state index is 14.7. The third kappa shape index (κ3) is 6.26. The predicted molar refractivity (Wildman–Crippen MR) is 107 cm³/mol. The van der Waals surface area contributed by atoms with Crippen LogP contribution >= 0.6 is 0 Å². The molecule has 0 aliphatic heterocycles. The van der Waals surface area contributed by atoms with E-state index in [9.17, 15) is 13.6 Å². The molecule has 0 saturated carbocycles. The molecule has 0 N–H and O–H groups in total. The molecule has 2 rings (SSSR count). The molecular formula is C23H24F2O4. The van der Waals surface area contributed by atoms with Gasteiger partial charge in [-0.3, -0.25) is 4.79 Å². The Labute approximate surface area is 169 Å². The quantitative estimate of drug-likeness (QED) is 0.299. The number of allylic oxidation sites excluding steroid dienone is 1. The summed E-state index contributed by atoms with van der Waals surface area (Å²) in [5, 5.41) is 0. The minimum Gasteiger partial charge on any atom is -0.494 e. The third-order valence-corrected chi connectivity index (χ3v) is 4.37. The van der Waals surface area contributed by atoms with Gasteiger partial charge in [0.1, 0.15) is 23.1 Å². The van der Waals surface area contributed by atoms with E-state index < -0.39 is 11.6 Å². The van der Waals surface area contributed by atoms with E-state index in [0.717, 1.165) is 11.6 Å². The van der Waals surface area contributed by atoms with Gasteiger partial charge >= 0.3 is 0 Å². The number of benzene rings is 2. The van der Waals surface area contributed by atoms with Crippen LogP contribution in [0.1, 0.15) is 12.5 Å². The van der Waals surface area contributed by atoms with Crippen LogP contribution in [0.4, 0.5) is 8.78 Å². The number of methoxy groups -OCH3 is 1. The lowest BCUT2D eigenvalue weighted by Crippen LogP contribution is -2.18. The summed E-state index contributed by atoms with van der Waals surface area (Å²) >= 11 is 0. The minimum absolute atomic E-state index is 0.0806. The van der Waals surface area contributed by atoms with Crippen molar-refractivity contribution >= 4 is 6.47 Å². The Hall–Kier alpha value is -2.99. The third-order valence-electron chi connectivity index (χ3n) is 4.37. The fourth-order valence-electron chi connectivity index (χ4n) is 2.79. The lowest BCUT2D eigenvalue weighted by atomic mass is 9.97. The Kier molecular flexibility index (Phi) is 8.09. The number of carbonyl (C=O) groups is 1. The Balaban J connectivity index is 2.16. The highest BCUT2D eigenvalue weighted by Crippen LogP contribution is 2.28. The molecule has 0 heterocycles. The van der Waals surface area contributed by atoms with Gasteiger partial charge in [0, 0.05) is 24.7 Å². The molecule has 4 nitrogen and oxygen atoms in total. The second-order valence-corrected chi connectivity index (χ2v) is 6.70. The largest absolute Gasteiger partial charge is 0.494 e. The first-order valence-electron chi connectivity index (χ1n) is 9.00. The zero-order valence-electron chi connectivity index (χ0n) is 16.5. The van der Waals surface area contributed by atoms with E-state index in [4.69, 9.17) is 9.47 Å². The topological polar surface area (TPSA) is 44.8 Å². The summed E-state index contributed by atoms with van der Waals surface area (Å²) < 4.78 is 44.4. The maximum Gasteiger partial charge on any atom is 0.298 e. The Morgan fingerprint density at radius 2 is 1.86 bits per heavy atom. The molecule has 6 heteroatoms. The van der Waals surface area contributed by atoms with Gasteiger partial charge < -0.3 is 14.2 Å². The van der Waals surface area contributed by atoms with E-state index in [1.807, 2.05) is 0 Å². The van der Waals surface area contributed by atoms with Gasteiger partial charge in [0.15, 0.2) is 0 Å². The van der Waals surface area contributed by atoms with Gasteiger partial charge in [0.05, 0.1) is 13.2 Å². The number of rotatable bonds is 11. The average Bonchev–Trinajstić information content (AvgIpc) is 2.67. The van der Waals surface area contributed by atoms with Crippen LogP contribution in [0, 0.1) is 17.6 Å². The summed E-state index contributed by atoms with van der Waals surface area (Å²) in [4.78, 5) is 10.4. The highest BCUT2D eigenvalue weighted by Gasteiger charge is 2.16. The van der Waals surface area contributed by atoms with Crippen LogP contribution in [0.5, 0.6) is 5.75 Å². The molecule has 0 radical (unpaired) electrons. The zero-order chi connectivity index (χ0) is 21.4.